The van der Waals surface area contributed by atoms with Crippen LogP contribution in [0.15, 0.2) is 23.0 Å². The Balaban J connectivity index is 1.37. The van der Waals surface area contributed by atoms with E-state index in [0.717, 1.165) is 31.7 Å². The molecule has 0 unspecified atom stereocenters. The molecule has 4 rings (SSSR count). The number of nitrogens with zero attached hydrogens (tertiary/aromatic N) is 7. The highest BCUT2D eigenvalue weighted by molar-refractivity contribution is 5.79. The second-order valence-corrected chi connectivity index (χ2v) is 9.37. The average molecular weight is 412 g/mol. The second-order valence-electron chi connectivity index (χ2n) is 9.37. The molecule has 0 aromatic carbocycles. The number of piperidine rings is 1. The van der Waals surface area contributed by atoms with E-state index in [1.54, 1.807) is 10.8 Å². The van der Waals surface area contributed by atoms with Gasteiger partial charge in [0.2, 0.25) is 11.8 Å². The van der Waals surface area contributed by atoms with Crippen molar-refractivity contribution < 1.29 is 9.32 Å². The van der Waals surface area contributed by atoms with Crippen LogP contribution in [0.5, 0.6) is 0 Å². The second kappa shape index (κ2) is 7.33. The number of carbonyl (C=O) groups excluding carboxylic acids is 1. The van der Waals surface area contributed by atoms with Crippen LogP contribution in [0.4, 0.5) is 5.82 Å². The van der Waals surface area contributed by atoms with E-state index in [-0.39, 0.29) is 17.2 Å². The number of hydrogen-bond donors (Lipinski definition) is 1. The summed E-state index contributed by atoms with van der Waals surface area (Å²) in [7, 11) is 0. The van der Waals surface area contributed by atoms with Gasteiger partial charge >= 0.3 is 0 Å². The van der Waals surface area contributed by atoms with E-state index in [1.165, 1.54) is 0 Å². The molecule has 1 amide bonds. The summed E-state index contributed by atoms with van der Waals surface area (Å²) in [4.78, 5) is 19.6. The number of fused-ring (bicyclic) bond motifs is 1. The normalized spacial score (nSPS) is 16.2. The Morgan fingerprint density at radius 1 is 1.17 bits per heavy atom. The third kappa shape index (κ3) is 3.99. The lowest BCUT2D eigenvalue weighted by molar-refractivity contribution is -0.127. The number of nitrogens with one attached hydrogen (secondary N) is 1. The number of rotatable bonds is 4. The molecule has 30 heavy (non-hydrogen) atoms. The molecule has 0 bridgehead atoms. The van der Waals surface area contributed by atoms with Gasteiger partial charge in [-0.05, 0) is 38.8 Å². The largest absolute Gasteiger partial charge is 0.355 e. The van der Waals surface area contributed by atoms with Crippen LogP contribution in [0.1, 0.15) is 59.2 Å². The highest BCUT2D eigenvalue weighted by Crippen LogP contribution is 2.26. The summed E-state index contributed by atoms with van der Waals surface area (Å²) in [6, 6.07) is 3.84. The zero-order valence-electron chi connectivity index (χ0n) is 18.1. The van der Waals surface area contributed by atoms with E-state index in [2.05, 4.69) is 35.7 Å². The monoisotopic (exact) mass is 412 g/mol. The Hall–Kier alpha value is -3.04. The van der Waals surface area contributed by atoms with Gasteiger partial charge in [0.25, 0.3) is 0 Å². The first-order valence-corrected chi connectivity index (χ1v) is 10.2. The molecule has 10 nitrogen and oxygen atoms in total. The summed E-state index contributed by atoms with van der Waals surface area (Å²) in [6.07, 6.45) is 3.09. The van der Waals surface area contributed by atoms with Gasteiger partial charge in [-0.25, -0.2) is 0 Å². The Morgan fingerprint density at radius 2 is 1.90 bits per heavy atom. The maximum absolute atomic E-state index is 12.9. The van der Waals surface area contributed by atoms with Crippen molar-refractivity contribution >= 4 is 17.4 Å². The van der Waals surface area contributed by atoms with Crippen LogP contribution in [0.25, 0.3) is 5.65 Å². The molecule has 1 aliphatic heterocycles. The van der Waals surface area contributed by atoms with Crippen molar-refractivity contribution in [3.63, 3.8) is 0 Å². The van der Waals surface area contributed by atoms with E-state index < -0.39 is 5.54 Å². The molecule has 3 aromatic heterocycles. The lowest BCUT2D eigenvalue weighted by atomic mass is 9.93. The Morgan fingerprint density at radius 3 is 2.57 bits per heavy atom. The Bertz CT molecular complexity index is 1040. The molecule has 4 heterocycles. The molecule has 1 N–H and O–H groups in total. The van der Waals surface area contributed by atoms with Crippen molar-refractivity contribution in [2.75, 3.05) is 18.0 Å². The van der Waals surface area contributed by atoms with Crippen LogP contribution in [-0.2, 0) is 15.7 Å². The topological polar surface area (TPSA) is 114 Å². The third-order valence-electron chi connectivity index (χ3n) is 5.40. The van der Waals surface area contributed by atoms with Gasteiger partial charge in [-0.15, -0.1) is 15.3 Å². The van der Waals surface area contributed by atoms with Gasteiger partial charge in [0.05, 0.1) is 5.54 Å². The van der Waals surface area contributed by atoms with Crippen molar-refractivity contribution in [2.24, 2.45) is 5.92 Å². The van der Waals surface area contributed by atoms with Crippen molar-refractivity contribution in [3.05, 3.63) is 30.2 Å². The summed E-state index contributed by atoms with van der Waals surface area (Å²) >= 11 is 0. The van der Waals surface area contributed by atoms with Crippen LogP contribution in [0, 0.1) is 5.92 Å². The van der Waals surface area contributed by atoms with Crippen molar-refractivity contribution in [2.45, 2.75) is 58.4 Å². The van der Waals surface area contributed by atoms with E-state index in [0.29, 0.717) is 17.4 Å². The Labute approximate surface area is 175 Å². The predicted octanol–water partition coefficient (Wildman–Crippen LogP) is 2.07. The van der Waals surface area contributed by atoms with Crippen molar-refractivity contribution in [1.82, 2.24) is 35.3 Å². The van der Waals surface area contributed by atoms with Crippen molar-refractivity contribution in [3.8, 4) is 0 Å². The van der Waals surface area contributed by atoms with Crippen LogP contribution >= 0.6 is 0 Å². The lowest BCUT2D eigenvalue weighted by Crippen LogP contribution is -2.47. The molecular formula is C20H28N8O2. The molecular weight excluding hydrogens is 384 g/mol. The quantitative estimate of drug-likeness (QED) is 0.693. The number of amides is 1. The summed E-state index contributed by atoms with van der Waals surface area (Å²) in [5.74, 6) is 1.87. The maximum atomic E-state index is 12.9. The highest BCUT2D eigenvalue weighted by atomic mass is 16.5. The minimum atomic E-state index is -0.706. The van der Waals surface area contributed by atoms with E-state index in [4.69, 9.17) is 4.52 Å². The third-order valence-corrected chi connectivity index (χ3v) is 5.40. The predicted molar refractivity (Wildman–Crippen MR) is 110 cm³/mol. The molecule has 0 radical (unpaired) electrons. The van der Waals surface area contributed by atoms with Crippen LogP contribution < -0.4 is 10.2 Å². The molecule has 0 spiro atoms. The van der Waals surface area contributed by atoms with Gasteiger partial charge in [-0.2, -0.15) is 9.50 Å². The molecule has 1 aliphatic rings. The van der Waals surface area contributed by atoms with Crippen LogP contribution in [0.2, 0.25) is 0 Å². The fourth-order valence-corrected chi connectivity index (χ4v) is 3.51. The molecule has 0 atom stereocenters. The first-order chi connectivity index (χ1) is 14.1. The molecule has 3 aromatic rings. The van der Waals surface area contributed by atoms with Gasteiger partial charge in [-0.3, -0.25) is 4.79 Å². The van der Waals surface area contributed by atoms with Gasteiger partial charge in [0.15, 0.2) is 11.5 Å². The maximum Gasteiger partial charge on any atom is 0.232 e. The molecule has 10 heteroatoms. The van der Waals surface area contributed by atoms with Gasteiger partial charge in [-0.1, -0.05) is 25.9 Å². The highest BCUT2D eigenvalue weighted by Gasteiger charge is 2.34. The van der Waals surface area contributed by atoms with Gasteiger partial charge in [0.1, 0.15) is 12.1 Å². The molecule has 160 valence electrons. The summed E-state index contributed by atoms with van der Waals surface area (Å²) in [5.41, 5.74) is -0.226. The fraction of sp³-hybridized carbons (Fsp3) is 0.600. The van der Waals surface area contributed by atoms with Crippen LogP contribution in [-0.4, -0.2) is 48.9 Å². The van der Waals surface area contributed by atoms with Gasteiger partial charge < -0.3 is 14.7 Å². The van der Waals surface area contributed by atoms with Crippen LogP contribution in [0.3, 0.4) is 0 Å². The Kier molecular flexibility index (Phi) is 4.95. The fourth-order valence-electron chi connectivity index (χ4n) is 3.51. The average Bonchev–Trinajstić information content (AvgIpc) is 3.37. The first kappa shape index (κ1) is 20.2. The smallest absolute Gasteiger partial charge is 0.232 e. The van der Waals surface area contributed by atoms with Crippen molar-refractivity contribution in [1.29, 1.82) is 0 Å². The molecule has 1 saturated heterocycles. The van der Waals surface area contributed by atoms with E-state index in [9.17, 15) is 4.79 Å². The zero-order chi connectivity index (χ0) is 21.5. The number of anilines is 1. The number of carbonyl (C=O) groups is 1. The first-order valence-electron chi connectivity index (χ1n) is 10.2. The molecule has 0 aliphatic carbocycles. The molecule has 0 saturated carbocycles. The van der Waals surface area contributed by atoms with E-state index >= 15 is 0 Å². The minimum Gasteiger partial charge on any atom is -0.355 e. The summed E-state index contributed by atoms with van der Waals surface area (Å²) in [6.45, 7) is 11.4. The summed E-state index contributed by atoms with van der Waals surface area (Å²) in [5, 5.41) is 19.6. The zero-order valence-corrected chi connectivity index (χ0v) is 18.1. The lowest BCUT2D eigenvalue weighted by Gasteiger charge is -2.33. The summed E-state index contributed by atoms with van der Waals surface area (Å²) < 4.78 is 7.05. The number of aromatic nitrogens is 6. The minimum absolute atomic E-state index is 0.0176. The van der Waals surface area contributed by atoms with Gasteiger partial charge in [0, 0.05) is 24.4 Å². The molecule has 1 fully saturated rings. The standard InChI is InChI=1S/C20H28N8O2/c1-19(2,3)18-22-17(26-30-18)20(4,5)23-16(29)13-8-10-27(11-9-13)15-7-6-14-24-21-12-28(14)25-15/h6-7,12-13H,8-11H2,1-5H3,(H,23,29). The SMILES string of the molecule is CC(C)(C)c1nc(C(C)(C)NC(=O)C2CCN(c3ccc4nncn4n3)CC2)no1. The van der Waals surface area contributed by atoms with E-state index in [1.807, 2.05) is 46.8 Å². The number of hydrogen-bond acceptors (Lipinski definition) is 8.